The first-order chi connectivity index (χ1) is 15.5. The molecule has 0 bridgehead atoms. The molecule has 0 aliphatic rings. The SMILES string of the molecule is CN(C)CCNC(=O)c1cccc(CN=C(N)Nc2cccc(Oc3ccccc3)c2)c1.I. The Kier molecular flexibility index (Phi) is 10.6. The van der Waals surface area contributed by atoms with E-state index < -0.39 is 0 Å². The van der Waals surface area contributed by atoms with E-state index in [2.05, 4.69) is 15.6 Å². The van der Waals surface area contributed by atoms with Crippen molar-refractivity contribution in [2.45, 2.75) is 6.54 Å². The van der Waals surface area contributed by atoms with Gasteiger partial charge >= 0.3 is 0 Å². The van der Waals surface area contributed by atoms with E-state index in [0.29, 0.717) is 24.4 Å². The Balaban J connectivity index is 0.00000385. The van der Waals surface area contributed by atoms with Crippen molar-refractivity contribution in [3.05, 3.63) is 90.0 Å². The third-order valence-electron chi connectivity index (χ3n) is 4.55. The highest BCUT2D eigenvalue weighted by Gasteiger charge is 2.06. The summed E-state index contributed by atoms with van der Waals surface area (Å²) in [7, 11) is 3.94. The maximum Gasteiger partial charge on any atom is 0.251 e. The van der Waals surface area contributed by atoms with Crippen molar-refractivity contribution in [3.8, 4) is 11.5 Å². The van der Waals surface area contributed by atoms with E-state index in [1.54, 1.807) is 6.07 Å². The van der Waals surface area contributed by atoms with Gasteiger partial charge in [-0.05, 0) is 56.1 Å². The summed E-state index contributed by atoms with van der Waals surface area (Å²) in [5.41, 5.74) is 8.34. The number of ether oxygens (including phenoxy) is 1. The van der Waals surface area contributed by atoms with Crippen LogP contribution in [0.4, 0.5) is 5.69 Å². The molecule has 3 aromatic rings. The van der Waals surface area contributed by atoms with Gasteiger partial charge in [-0.25, -0.2) is 4.99 Å². The highest BCUT2D eigenvalue weighted by molar-refractivity contribution is 14.0. The lowest BCUT2D eigenvalue weighted by Crippen LogP contribution is -2.31. The summed E-state index contributed by atoms with van der Waals surface area (Å²) in [6.07, 6.45) is 0. The Hall–Kier alpha value is -3.11. The third-order valence-corrected chi connectivity index (χ3v) is 4.55. The molecule has 33 heavy (non-hydrogen) atoms. The zero-order chi connectivity index (χ0) is 22.8. The molecule has 0 fully saturated rings. The van der Waals surface area contributed by atoms with Gasteiger partial charge in [0.05, 0.1) is 6.54 Å². The summed E-state index contributed by atoms with van der Waals surface area (Å²) in [5, 5.41) is 5.99. The van der Waals surface area contributed by atoms with Gasteiger partial charge in [0, 0.05) is 30.4 Å². The number of hydrogen-bond acceptors (Lipinski definition) is 4. The van der Waals surface area contributed by atoms with E-state index in [1.165, 1.54) is 0 Å². The highest BCUT2D eigenvalue weighted by atomic mass is 127. The third kappa shape index (κ3) is 9.11. The van der Waals surface area contributed by atoms with Crippen LogP contribution in [0.2, 0.25) is 0 Å². The Morgan fingerprint density at radius 1 is 0.970 bits per heavy atom. The van der Waals surface area contributed by atoms with Crippen molar-refractivity contribution in [3.63, 3.8) is 0 Å². The van der Waals surface area contributed by atoms with Crippen LogP contribution in [0, 0.1) is 0 Å². The standard InChI is InChI=1S/C25H29N5O2.HI/c1-30(2)15-14-27-24(31)20-9-6-8-19(16-20)18-28-25(26)29-21-10-7-13-23(17-21)32-22-11-4-3-5-12-22;/h3-13,16-17H,14-15,18H2,1-2H3,(H,27,31)(H3,26,28,29);1H. The van der Waals surface area contributed by atoms with Crippen LogP contribution in [-0.4, -0.2) is 44.0 Å². The molecular weight excluding hydrogens is 529 g/mol. The molecule has 174 valence electrons. The lowest BCUT2D eigenvalue weighted by Gasteiger charge is -2.11. The molecular formula is C25H30IN5O2. The largest absolute Gasteiger partial charge is 0.457 e. The van der Waals surface area contributed by atoms with E-state index in [-0.39, 0.29) is 35.8 Å². The fourth-order valence-electron chi connectivity index (χ4n) is 2.93. The van der Waals surface area contributed by atoms with Crippen LogP contribution in [0.5, 0.6) is 11.5 Å². The smallest absolute Gasteiger partial charge is 0.251 e. The Morgan fingerprint density at radius 3 is 2.45 bits per heavy atom. The summed E-state index contributed by atoms with van der Waals surface area (Å²) in [5.74, 6) is 1.64. The first-order valence-corrected chi connectivity index (χ1v) is 10.4. The number of carbonyl (C=O) groups excluding carboxylic acids is 1. The first kappa shape index (κ1) is 26.1. The van der Waals surface area contributed by atoms with Crippen LogP contribution in [0.1, 0.15) is 15.9 Å². The topological polar surface area (TPSA) is 92.0 Å². The van der Waals surface area contributed by atoms with Crippen LogP contribution in [0.25, 0.3) is 0 Å². The molecule has 0 radical (unpaired) electrons. The predicted octanol–water partition coefficient (Wildman–Crippen LogP) is 4.32. The maximum atomic E-state index is 12.3. The average molecular weight is 559 g/mol. The van der Waals surface area contributed by atoms with Crippen LogP contribution in [0.15, 0.2) is 83.9 Å². The fraction of sp³-hybridized carbons (Fsp3) is 0.200. The number of anilines is 1. The lowest BCUT2D eigenvalue weighted by molar-refractivity contribution is 0.0951. The minimum atomic E-state index is -0.0981. The van der Waals surface area contributed by atoms with Crippen molar-refractivity contribution in [2.24, 2.45) is 10.7 Å². The van der Waals surface area contributed by atoms with Crippen LogP contribution < -0.4 is 21.1 Å². The molecule has 0 aliphatic heterocycles. The van der Waals surface area contributed by atoms with Gasteiger partial charge < -0.3 is 26.0 Å². The molecule has 3 rings (SSSR count). The molecule has 1 amide bonds. The zero-order valence-corrected chi connectivity index (χ0v) is 21.2. The number of likely N-dealkylation sites (N-methyl/N-ethyl adjacent to an activating group) is 1. The molecule has 0 spiro atoms. The van der Waals surface area contributed by atoms with Crippen LogP contribution in [-0.2, 0) is 6.54 Å². The number of halogens is 1. The Morgan fingerprint density at radius 2 is 1.70 bits per heavy atom. The van der Waals surface area contributed by atoms with Crippen molar-refractivity contribution in [2.75, 3.05) is 32.5 Å². The van der Waals surface area contributed by atoms with Gasteiger partial charge in [-0.2, -0.15) is 0 Å². The van der Waals surface area contributed by atoms with Gasteiger partial charge in [0.25, 0.3) is 5.91 Å². The number of benzene rings is 3. The van der Waals surface area contributed by atoms with Crippen molar-refractivity contribution < 1.29 is 9.53 Å². The summed E-state index contributed by atoms with van der Waals surface area (Å²) < 4.78 is 5.85. The van der Waals surface area contributed by atoms with E-state index >= 15 is 0 Å². The van der Waals surface area contributed by atoms with Crippen LogP contribution >= 0.6 is 24.0 Å². The predicted molar refractivity (Wildman–Crippen MR) is 145 cm³/mol. The monoisotopic (exact) mass is 559 g/mol. The number of aliphatic imine (C=N–C) groups is 1. The Labute approximate surface area is 212 Å². The number of rotatable bonds is 9. The van der Waals surface area contributed by atoms with Crippen molar-refractivity contribution >= 4 is 41.5 Å². The minimum absolute atomic E-state index is 0. The second kappa shape index (κ2) is 13.4. The van der Waals surface area contributed by atoms with Gasteiger partial charge in [-0.1, -0.05) is 36.4 Å². The zero-order valence-electron chi connectivity index (χ0n) is 18.8. The normalized spacial score (nSPS) is 10.9. The number of amides is 1. The summed E-state index contributed by atoms with van der Waals surface area (Å²) in [4.78, 5) is 18.7. The quantitative estimate of drug-likeness (QED) is 0.207. The number of para-hydroxylation sites is 1. The van der Waals surface area contributed by atoms with Crippen molar-refractivity contribution in [1.29, 1.82) is 0 Å². The van der Waals surface area contributed by atoms with E-state index in [1.807, 2.05) is 91.8 Å². The Bertz CT molecular complexity index is 1060. The number of carbonyl (C=O) groups is 1. The second-order valence-electron chi connectivity index (χ2n) is 7.53. The van der Waals surface area contributed by atoms with Crippen LogP contribution in [0.3, 0.4) is 0 Å². The first-order valence-electron chi connectivity index (χ1n) is 10.4. The van der Waals surface area contributed by atoms with E-state index in [0.717, 1.165) is 23.5 Å². The molecule has 0 atom stereocenters. The molecule has 0 aromatic heterocycles. The van der Waals surface area contributed by atoms with Gasteiger partial charge in [0.1, 0.15) is 11.5 Å². The molecule has 0 heterocycles. The molecule has 8 heteroatoms. The number of nitrogens with zero attached hydrogens (tertiary/aromatic N) is 2. The van der Waals surface area contributed by atoms with E-state index in [9.17, 15) is 4.79 Å². The molecule has 3 aromatic carbocycles. The number of nitrogens with one attached hydrogen (secondary N) is 2. The lowest BCUT2D eigenvalue weighted by atomic mass is 10.1. The molecule has 7 nitrogen and oxygen atoms in total. The molecule has 0 saturated carbocycles. The fourth-order valence-corrected chi connectivity index (χ4v) is 2.93. The molecule has 0 aliphatic carbocycles. The number of guanidine groups is 1. The van der Waals surface area contributed by atoms with Crippen molar-refractivity contribution in [1.82, 2.24) is 10.2 Å². The second-order valence-corrected chi connectivity index (χ2v) is 7.53. The molecule has 0 saturated heterocycles. The van der Waals surface area contributed by atoms with Gasteiger partial charge in [0.2, 0.25) is 0 Å². The molecule has 0 unspecified atom stereocenters. The van der Waals surface area contributed by atoms with Gasteiger partial charge in [0.15, 0.2) is 5.96 Å². The summed E-state index contributed by atoms with van der Waals surface area (Å²) in [6.45, 7) is 1.74. The maximum absolute atomic E-state index is 12.3. The van der Waals surface area contributed by atoms with E-state index in [4.69, 9.17) is 10.5 Å². The molecule has 4 N–H and O–H groups in total. The summed E-state index contributed by atoms with van der Waals surface area (Å²) in [6, 6.07) is 24.5. The highest BCUT2D eigenvalue weighted by Crippen LogP contribution is 2.23. The minimum Gasteiger partial charge on any atom is -0.457 e. The average Bonchev–Trinajstić information content (AvgIpc) is 2.78. The van der Waals surface area contributed by atoms with Gasteiger partial charge in [-0.3, -0.25) is 4.79 Å². The number of hydrogen-bond donors (Lipinski definition) is 3. The number of nitrogens with two attached hydrogens (primary N) is 1. The summed E-state index contributed by atoms with van der Waals surface area (Å²) >= 11 is 0. The van der Waals surface area contributed by atoms with Gasteiger partial charge in [-0.15, -0.1) is 24.0 Å².